The molecule has 2 fully saturated rings. The van der Waals surface area contributed by atoms with Crippen molar-refractivity contribution in [2.75, 3.05) is 37.8 Å². The molecular weight excluding hydrogens is 218 g/mol. The van der Waals surface area contributed by atoms with Crippen LogP contribution in [0.4, 0.5) is 0 Å². The first-order chi connectivity index (χ1) is 7.11. The zero-order valence-electron chi connectivity index (χ0n) is 8.63. The Morgan fingerprint density at radius 1 is 1.47 bits per heavy atom. The predicted molar refractivity (Wildman–Crippen MR) is 55.5 cm³/mol. The van der Waals surface area contributed by atoms with Gasteiger partial charge in [0.15, 0.2) is 9.84 Å². The van der Waals surface area contributed by atoms with Crippen molar-refractivity contribution in [3.63, 3.8) is 0 Å². The summed E-state index contributed by atoms with van der Waals surface area (Å²) in [6, 6.07) is 0.132. The Labute approximate surface area is 89.9 Å². The summed E-state index contributed by atoms with van der Waals surface area (Å²) < 4.78 is 28.0. The van der Waals surface area contributed by atoms with Gasteiger partial charge in [0.1, 0.15) is 0 Å². The minimum Gasteiger partial charge on any atom is -0.394 e. The molecule has 2 unspecified atom stereocenters. The van der Waals surface area contributed by atoms with E-state index in [-0.39, 0.29) is 24.5 Å². The van der Waals surface area contributed by atoms with Crippen LogP contribution in [0, 0.1) is 0 Å². The maximum atomic E-state index is 11.3. The molecule has 88 valence electrons. The summed E-state index contributed by atoms with van der Waals surface area (Å²) in [5.41, 5.74) is 0. The van der Waals surface area contributed by atoms with Gasteiger partial charge in [-0.2, -0.15) is 0 Å². The molecule has 0 aromatic heterocycles. The fraction of sp³-hybridized carbons (Fsp3) is 1.00. The number of ether oxygens (including phenoxy) is 1. The first kappa shape index (κ1) is 11.3. The van der Waals surface area contributed by atoms with E-state index in [9.17, 15) is 8.42 Å². The van der Waals surface area contributed by atoms with Gasteiger partial charge in [-0.1, -0.05) is 0 Å². The van der Waals surface area contributed by atoms with Gasteiger partial charge in [0, 0.05) is 19.1 Å². The van der Waals surface area contributed by atoms with E-state index < -0.39 is 9.84 Å². The molecule has 0 bridgehead atoms. The Hall–Kier alpha value is -0.170. The van der Waals surface area contributed by atoms with Crippen LogP contribution in [-0.2, 0) is 14.6 Å². The molecule has 0 aromatic rings. The van der Waals surface area contributed by atoms with Gasteiger partial charge in [-0.05, 0) is 6.42 Å². The van der Waals surface area contributed by atoms with Crippen LogP contribution in [0.15, 0.2) is 0 Å². The van der Waals surface area contributed by atoms with E-state index in [1.54, 1.807) is 0 Å². The van der Waals surface area contributed by atoms with Crippen LogP contribution >= 0.6 is 0 Å². The number of hydrogen-bond donors (Lipinski definition) is 1. The number of aliphatic hydroxyl groups is 1. The monoisotopic (exact) mass is 235 g/mol. The highest BCUT2D eigenvalue weighted by Gasteiger charge is 2.34. The van der Waals surface area contributed by atoms with E-state index in [2.05, 4.69) is 4.90 Å². The van der Waals surface area contributed by atoms with Gasteiger partial charge in [-0.15, -0.1) is 0 Å². The lowest BCUT2D eigenvalue weighted by atomic mass is 10.2. The Morgan fingerprint density at radius 2 is 2.27 bits per heavy atom. The average Bonchev–Trinajstić information content (AvgIpc) is 2.59. The molecular formula is C9H17NO4S. The Kier molecular flexibility index (Phi) is 3.30. The zero-order valence-corrected chi connectivity index (χ0v) is 9.45. The molecule has 15 heavy (non-hydrogen) atoms. The normalized spacial score (nSPS) is 36.9. The molecule has 0 saturated carbocycles. The second kappa shape index (κ2) is 4.37. The van der Waals surface area contributed by atoms with Crippen molar-refractivity contribution < 1.29 is 18.3 Å². The minimum absolute atomic E-state index is 0.00989. The standard InChI is InChI=1S/C9H17NO4S/c11-6-9-5-10(2-3-14-9)8-1-4-15(12,13)7-8/h8-9,11H,1-7H2. The van der Waals surface area contributed by atoms with Gasteiger partial charge in [0.25, 0.3) is 0 Å². The van der Waals surface area contributed by atoms with E-state index in [1.807, 2.05) is 0 Å². The van der Waals surface area contributed by atoms with Gasteiger partial charge >= 0.3 is 0 Å². The van der Waals surface area contributed by atoms with Crippen molar-refractivity contribution in [2.24, 2.45) is 0 Å². The van der Waals surface area contributed by atoms with Gasteiger partial charge < -0.3 is 9.84 Å². The van der Waals surface area contributed by atoms with E-state index >= 15 is 0 Å². The van der Waals surface area contributed by atoms with E-state index in [1.165, 1.54) is 0 Å². The SMILES string of the molecule is O=S1(=O)CCC(N2CCOC(CO)C2)C1. The number of morpholine rings is 1. The molecule has 0 amide bonds. The molecule has 6 heteroatoms. The topological polar surface area (TPSA) is 66.8 Å². The van der Waals surface area contributed by atoms with Crippen LogP contribution in [-0.4, -0.2) is 68.4 Å². The summed E-state index contributed by atoms with van der Waals surface area (Å²) >= 11 is 0. The van der Waals surface area contributed by atoms with Crippen LogP contribution in [0.2, 0.25) is 0 Å². The molecule has 2 heterocycles. The van der Waals surface area contributed by atoms with Crippen LogP contribution < -0.4 is 0 Å². The van der Waals surface area contributed by atoms with Crippen LogP contribution in [0.1, 0.15) is 6.42 Å². The summed E-state index contributed by atoms with van der Waals surface area (Å²) in [6.45, 7) is 2.02. The molecule has 2 atom stereocenters. The second-order valence-electron chi connectivity index (χ2n) is 4.23. The summed E-state index contributed by atoms with van der Waals surface area (Å²) in [4.78, 5) is 2.13. The van der Waals surface area contributed by atoms with Gasteiger partial charge in [0.05, 0.1) is 30.8 Å². The minimum atomic E-state index is -2.81. The lowest BCUT2D eigenvalue weighted by Crippen LogP contribution is -2.49. The molecule has 2 rings (SSSR count). The molecule has 0 radical (unpaired) electrons. The summed E-state index contributed by atoms with van der Waals surface area (Å²) in [6.07, 6.45) is 0.572. The quantitative estimate of drug-likeness (QED) is 0.656. The molecule has 2 saturated heterocycles. The molecule has 0 aliphatic carbocycles. The van der Waals surface area contributed by atoms with Crippen molar-refractivity contribution in [2.45, 2.75) is 18.6 Å². The highest BCUT2D eigenvalue weighted by atomic mass is 32.2. The first-order valence-electron chi connectivity index (χ1n) is 5.27. The average molecular weight is 235 g/mol. The number of hydrogen-bond acceptors (Lipinski definition) is 5. The number of sulfone groups is 1. The lowest BCUT2D eigenvalue weighted by molar-refractivity contribution is -0.0619. The van der Waals surface area contributed by atoms with Crippen molar-refractivity contribution >= 4 is 9.84 Å². The first-order valence-corrected chi connectivity index (χ1v) is 7.10. The third-order valence-electron chi connectivity index (χ3n) is 3.10. The van der Waals surface area contributed by atoms with E-state index in [4.69, 9.17) is 9.84 Å². The molecule has 5 nitrogen and oxygen atoms in total. The fourth-order valence-corrected chi connectivity index (χ4v) is 4.01. The van der Waals surface area contributed by atoms with E-state index in [0.717, 1.165) is 13.0 Å². The Morgan fingerprint density at radius 3 is 2.87 bits per heavy atom. The molecule has 0 aromatic carbocycles. The number of rotatable bonds is 2. The van der Waals surface area contributed by atoms with Crippen molar-refractivity contribution in [3.8, 4) is 0 Å². The third-order valence-corrected chi connectivity index (χ3v) is 4.85. The fourth-order valence-electron chi connectivity index (χ4n) is 2.25. The molecule has 2 aliphatic rings. The van der Waals surface area contributed by atoms with Crippen LogP contribution in [0.3, 0.4) is 0 Å². The summed E-state index contributed by atoms with van der Waals surface area (Å²) in [7, 11) is -2.81. The molecule has 0 spiro atoms. The van der Waals surface area contributed by atoms with Gasteiger partial charge in [0.2, 0.25) is 0 Å². The largest absolute Gasteiger partial charge is 0.394 e. The zero-order chi connectivity index (χ0) is 10.9. The van der Waals surface area contributed by atoms with Crippen molar-refractivity contribution in [1.82, 2.24) is 4.90 Å². The van der Waals surface area contributed by atoms with Crippen LogP contribution in [0.5, 0.6) is 0 Å². The summed E-state index contributed by atoms with van der Waals surface area (Å²) in [5, 5.41) is 8.98. The van der Waals surface area contributed by atoms with Crippen molar-refractivity contribution in [3.05, 3.63) is 0 Å². The van der Waals surface area contributed by atoms with E-state index in [0.29, 0.717) is 18.9 Å². The highest BCUT2D eigenvalue weighted by Crippen LogP contribution is 2.19. The van der Waals surface area contributed by atoms with Crippen molar-refractivity contribution in [1.29, 1.82) is 0 Å². The summed E-state index contributed by atoms with van der Waals surface area (Å²) in [5.74, 6) is 0.573. The smallest absolute Gasteiger partial charge is 0.151 e. The maximum absolute atomic E-state index is 11.3. The Bertz CT molecular complexity index is 316. The lowest BCUT2D eigenvalue weighted by Gasteiger charge is -2.35. The highest BCUT2D eigenvalue weighted by molar-refractivity contribution is 7.91. The maximum Gasteiger partial charge on any atom is 0.151 e. The van der Waals surface area contributed by atoms with Gasteiger partial charge in [-0.3, -0.25) is 4.90 Å². The Balaban J connectivity index is 1.94. The number of aliphatic hydroxyl groups excluding tert-OH is 1. The van der Waals surface area contributed by atoms with Crippen LogP contribution in [0.25, 0.3) is 0 Å². The predicted octanol–water partition coefficient (Wildman–Crippen LogP) is -1.13. The third kappa shape index (κ3) is 2.69. The molecule has 2 aliphatic heterocycles. The van der Waals surface area contributed by atoms with Gasteiger partial charge in [-0.25, -0.2) is 8.42 Å². The molecule has 1 N–H and O–H groups in total. The number of nitrogens with zero attached hydrogens (tertiary/aromatic N) is 1. The second-order valence-corrected chi connectivity index (χ2v) is 6.46.